The average Bonchev–Trinajstić information content (AvgIpc) is 2.20. The van der Waals surface area contributed by atoms with Gasteiger partial charge in [-0.2, -0.15) is 0 Å². The van der Waals surface area contributed by atoms with Gasteiger partial charge in [-0.15, -0.1) is 0 Å². The maximum Gasteiger partial charge on any atom is 0.300 e. The van der Waals surface area contributed by atoms with E-state index in [2.05, 4.69) is 15.9 Å². The normalized spacial score (nSPS) is 10.1. The molecule has 0 spiro atoms. The fourth-order valence-electron chi connectivity index (χ4n) is 1.02. The van der Waals surface area contributed by atoms with Gasteiger partial charge in [0.2, 0.25) is 0 Å². The molecule has 0 amide bonds. The Bertz CT molecular complexity index is 436. The highest BCUT2D eigenvalue weighted by Gasteiger charge is 2.24. The van der Waals surface area contributed by atoms with E-state index in [4.69, 9.17) is 23.2 Å². The number of rotatable bonds is 3. The third-order valence-corrected chi connectivity index (χ3v) is 2.98. The molecule has 15 heavy (non-hydrogen) atoms. The summed E-state index contributed by atoms with van der Waals surface area (Å²) in [6, 6.07) is 2.64. The molecule has 4 nitrogen and oxygen atoms in total. The zero-order valence-electron chi connectivity index (χ0n) is 7.17. The molecular formula is C8H4BrCl2NO3. The number of halogens is 3. The van der Waals surface area contributed by atoms with E-state index in [1.165, 1.54) is 12.1 Å². The van der Waals surface area contributed by atoms with Crippen molar-refractivity contribution >= 4 is 50.6 Å². The van der Waals surface area contributed by atoms with E-state index in [1.54, 1.807) is 0 Å². The summed E-state index contributed by atoms with van der Waals surface area (Å²) in [5.74, 6) is -0.416. The third kappa shape index (κ3) is 2.48. The number of nitrogens with zero attached hydrogens (tertiary/aromatic N) is 1. The van der Waals surface area contributed by atoms with Crippen molar-refractivity contribution in [1.29, 1.82) is 0 Å². The molecule has 0 unspecified atom stereocenters. The van der Waals surface area contributed by atoms with Crippen molar-refractivity contribution in [1.82, 2.24) is 0 Å². The Morgan fingerprint density at radius 2 is 2.07 bits per heavy atom. The van der Waals surface area contributed by atoms with E-state index in [0.29, 0.717) is 0 Å². The number of Topliss-reactive ketones (excluding diaryl/α,β-unsaturated/α-hetero) is 1. The number of alkyl halides is 1. The van der Waals surface area contributed by atoms with Gasteiger partial charge in [-0.1, -0.05) is 39.1 Å². The second-order valence-corrected chi connectivity index (χ2v) is 3.92. The monoisotopic (exact) mass is 311 g/mol. The van der Waals surface area contributed by atoms with Gasteiger partial charge in [-0.05, 0) is 12.1 Å². The van der Waals surface area contributed by atoms with Crippen LogP contribution in [0.4, 0.5) is 5.69 Å². The summed E-state index contributed by atoms with van der Waals surface area (Å²) < 4.78 is 0. The van der Waals surface area contributed by atoms with E-state index >= 15 is 0 Å². The molecule has 0 heterocycles. The number of benzene rings is 1. The van der Waals surface area contributed by atoms with E-state index in [1.807, 2.05) is 0 Å². The van der Waals surface area contributed by atoms with Crippen LogP contribution in [0.2, 0.25) is 10.0 Å². The average molecular weight is 313 g/mol. The Hall–Kier alpha value is -0.650. The van der Waals surface area contributed by atoms with Crippen molar-refractivity contribution in [3.05, 3.63) is 37.9 Å². The number of hydrogen-bond acceptors (Lipinski definition) is 3. The van der Waals surface area contributed by atoms with Gasteiger partial charge in [0.25, 0.3) is 5.69 Å². The summed E-state index contributed by atoms with van der Waals surface area (Å²) in [5, 5.41) is 10.5. The lowest BCUT2D eigenvalue weighted by Gasteiger charge is -2.02. The van der Waals surface area contributed by atoms with Crippen LogP contribution in [0, 0.1) is 10.1 Å². The van der Waals surface area contributed by atoms with Crippen LogP contribution in [0.15, 0.2) is 12.1 Å². The van der Waals surface area contributed by atoms with Gasteiger partial charge in [0.05, 0.1) is 20.8 Å². The van der Waals surface area contributed by atoms with Crippen molar-refractivity contribution in [3.63, 3.8) is 0 Å². The van der Waals surface area contributed by atoms with Crippen LogP contribution in [0.25, 0.3) is 0 Å². The van der Waals surface area contributed by atoms with Crippen LogP contribution in [0.3, 0.4) is 0 Å². The Morgan fingerprint density at radius 3 is 2.53 bits per heavy atom. The Balaban J connectivity index is 3.46. The molecule has 0 fully saturated rings. The molecule has 1 aromatic carbocycles. The van der Waals surface area contributed by atoms with Crippen LogP contribution >= 0.6 is 39.1 Å². The first-order valence-electron chi connectivity index (χ1n) is 3.70. The van der Waals surface area contributed by atoms with E-state index in [9.17, 15) is 14.9 Å². The van der Waals surface area contributed by atoms with Gasteiger partial charge < -0.3 is 0 Å². The Morgan fingerprint density at radius 1 is 1.47 bits per heavy atom. The molecule has 0 bridgehead atoms. The number of nitro groups is 1. The first-order chi connectivity index (χ1) is 6.99. The minimum atomic E-state index is -0.718. The summed E-state index contributed by atoms with van der Waals surface area (Å²) in [5.41, 5.74) is -0.500. The maximum absolute atomic E-state index is 11.3. The van der Waals surface area contributed by atoms with E-state index in [0.717, 1.165) is 0 Å². The fraction of sp³-hybridized carbons (Fsp3) is 0.125. The summed E-state index contributed by atoms with van der Waals surface area (Å²) in [7, 11) is 0. The molecule has 1 rings (SSSR count). The van der Waals surface area contributed by atoms with Gasteiger partial charge in [0, 0.05) is 0 Å². The second-order valence-electron chi connectivity index (χ2n) is 2.57. The van der Waals surface area contributed by atoms with E-state index < -0.39 is 16.4 Å². The molecule has 0 N–H and O–H groups in total. The first-order valence-corrected chi connectivity index (χ1v) is 5.58. The maximum atomic E-state index is 11.3. The zero-order chi connectivity index (χ0) is 11.6. The smallest absolute Gasteiger partial charge is 0.293 e. The molecular weight excluding hydrogens is 309 g/mol. The van der Waals surface area contributed by atoms with Gasteiger partial charge in [0.15, 0.2) is 5.78 Å². The highest BCUT2D eigenvalue weighted by Crippen LogP contribution is 2.35. The zero-order valence-corrected chi connectivity index (χ0v) is 10.3. The SMILES string of the molecule is O=C(CBr)c1ccc(Cl)c(Cl)c1[N+](=O)[O-]. The van der Waals surface area contributed by atoms with Crippen molar-refractivity contribution in [2.24, 2.45) is 0 Å². The first kappa shape index (κ1) is 12.4. The van der Waals surface area contributed by atoms with Gasteiger partial charge >= 0.3 is 0 Å². The quantitative estimate of drug-likeness (QED) is 0.371. The van der Waals surface area contributed by atoms with Gasteiger partial charge in [0.1, 0.15) is 5.02 Å². The van der Waals surface area contributed by atoms with Crippen molar-refractivity contribution in [3.8, 4) is 0 Å². The van der Waals surface area contributed by atoms with Crippen LogP contribution in [0.5, 0.6) is 0 Å². The molecule has 0 atom stereocenters. The number of carbonyl (C=O) groups is 1. The van der Waals surface area contributed by atoms with Gasteiger partial charge in [-0.25, -0.2) is 0 Å². The molecule has 0 saturated carbocycles. The van der Waals surface area contributed by atoms with Crippen molar-refractivity contribution in [2.45, 2.75) is 0 Å². The lowest BCUT2D eigenvalue weighted by atomic mass is 10.1. The predicted molar refractivity (Wildman–Crippen MR) is 61.2 cm³/mol. The molecule has 0 aromatic heterocycles. The fourth-order valence-corrected chi connectivity index (χ4v) is 1.70. The summed E-state index contributed by atoms with van der Waals surface area (Å²) in [4.78, 5) is 21.3. The number of hydrogen-bond donors (Lipinski definition) is 0. The lowest BCUT2D eigenvalue weighted by molar-refractivity contribution is -0.384. The topological polar surface area (TPSA) is 60.2 Å². The Labute approximate surface area is 103 Å². The minimum absolute atomic E-state index is 0.00813. The lowest BCUT2D eigenvalue weighted by Crippen LogP contribution is -2.05. The third-order valence-electron chi connectivity index (χ3n) is 1.67. The molecule has 80 valence electrons. The van der Waals surface area contributed by atoms with Crippen LogP contribution in [0.1, 0.15) is 10.4 Å². The molecule has 0 radical (unpaired) electrons. The molecule has 0 aliphatic heterocycles. The Kier molecular flexibility index (Phi) is 4.07. The summed E-state index contributed by atoms with van der Waals surface area (Å²) in [6.07, 6.45) is 0. The largest absolute Gasteiger partial charge is 0.300 e. The summed E-state index contributed by atoms with van der Waals surface area (Å²) >= 11 is 14.2. The van der Waals surface area contributed by atoms with Crippen LogP contribution in [-0.4, -0.2) is 16.0 Å². The van der Waals surface area contributed by atoms with Gasteiger partial charge in [-0.3, -0.25) is 14.9 Å². The summed E-state index contributed by atoms with van der Waals surface area (Å²) in [6.45, 7) is 0. The number of carbonyl (C=O) groups excluding carboxylic acids is 1. The molecule has 7 heteroatoms. The van der Waals surface area contributed by atoms with Crippen LogP contribution < -0.4 is 0 Å². The predicted octanol–water partition coefficient (Wildman–Crippen LogP) is 3.48. The standard InChI is InChI=1S/C8H4BrCl2NO3/c9-3-6(13)4-1-2-5(10)7(11)8(4)12(14)15/h1-2H,3H2. The van der Waals surface area contributed by atoms with Crippen molar-refractivity contribution < 1.29 is 9.72 Å². The number of ketones is 1. The van der Waals surface area contributed by atoms with Crippen LogP contribution in [-0.2, 0) is 0 Å². The minimum Gasteiger partial charge on any atom is -0.293 e. The van der Waals surface area contributed by atoms with Crippen molar-refractivity contribution in [2.75, 3.05) is 5.33 Å². The molecule has 1 aromatic rings. The highest BCUT2D eigenvalue weighted by molar-refractivity contribution is 9.09. The molecule has 0 aliphatic carbocycles. The van der Waals surface area contributed by atoms with E-state index in [-0.39, 0.29) is 20.9 Å². The molecule has 0 aliphatic rings. The second kappa shape index (κ2) is 4.92. The number of nitro benzene ring substituents is 1. The highest BCUT2D eigenvalue weighted by atomic mass is 79.9. The molecule has 0 saturated heterocycles.